The maximum atomic E-state index is 12.5. The molecule has 0 spiro atoms. The van der Waals surface area contributed by atoms with Gasteiger partial charge in [-0.25, -0.2) is 0 Å². The Bertz CT molecular complexity index is 733. The summed E-state index contributed by atoms with van der Waals surface area (Å²) >= 11 is 6.00. The largest absolute Gasteiger partial charge is 0.496 e. The van der Waals surface area contributed by atoms with Crippen LogP contribution in [0.15, 0.2) is 48.5 Å². The molecule has 0 aliphatic carbocycles. The molecular formula is C19H20ClNO4. The molecule has 0 aliphatic heterocycles. The predicted octanol–water partition coefficient (Wildman–Crippen LogP) is 3.31. The van der Waals surface area contributed by atoms with Crippen molar-refractivity contribution >= 4 is 23.5 Å². The number of esters is 1. The van der Waals surface area contributed by atoms with Gasteiger partial charge in [0.25, 0.3) is 0 Å². The molecule has 1 N–H and O–H groups in total. The van der Waals surface area contributed by atoms with Gasteiger partial charge in [-0.2, -0.15) is 0 Å². The predicted molar refractivity (Wildman–Crippen MR) is 95.7 cm³/mol. The molecule has 1 amide bonds. The normalized spacial score (nSPS) is 11.5. The number of methoxy groups -OCH3 is 2. The maximum Gasteiger partial charge on any atom is 0.307 e. The minimum atomic E-state index is -0.466. The first-order valence-corrected chi connectivity index (χ1v) is 8.14. The molecule has 0 aliphatic rings. The minimum Gasteiger partial charge on any atom is -0.496 e. The number of hydrogen-bond acceptors (Lipinski definition) is 4. The highest BCUT2D eigenvalue weighted by Gasteiger charge is 2.19. The molecule has 0 saturated carbocycles. The topological polar surface area (TPSA) is 64.6 Å². The summed E-state index contributed by atoms with van der Waals surface area (Å²) in [6, 6.07) is 13.9. The molecule has 0 saturated heterocycles. The number of hydrogen-bond donors (Lipinski definition) is 1. The van der Waals surface area contributed by atoms with Crippen LogP contribution in [0.4, 0.5) is 0 Å². The van der Waals surface area contributed by atoms with Gasteiger partial charge in [-0.05, 0) is 23.8 Å². The molecule has 2 aromatic carbocycles. The number of nitrogens with one attached hydrogen (secondary N) is 1. The average Bonchev–Trinajstić information content (AvgIpc) is 2.62. The summed E-state index contributed by atoms with van der Waals surface area (Å²) in [5.74, 6) is -0.0448. The van der Waals surface area contributed by atoms with Crippen molar-refractivity contribution in [1.82, 2.24) is 5.32 Å². The second-order valence-electron chi connectivity index (χ2n) is 5.44. The van der Waals surface area contributed by atoms with Crippen molar-refractivity contribution in [3.8, 4) is 5.75 Å². The summed E-state index contributed by atoms with van der Waals surface area (Å²) in [5.41, 5.74) is 1.51. The van der Waals surface area contributed by atoms with Gasteiger partial charge >= 0.3 is 5.97 Å². The molecule has 132 valence electrons. The molecule has 25 heavy (non-hydrogen) atoms. The summed E-state index contributed by atoms with van der Waals surface area (Å²) in [6.07, 6.45) is 0.146. The lowest BCUT2D eigenvalue weighted by Crippen LogP contribution is -2.31. The molecule has 1 unspecified atom stereocenters. The van der Waals surface area contributed by atoms with E-state index < -0.39 is 12.0 Å². The first-order chi connectivity index (χ1) is 12.0. The van der Waals surface area contributed by atoms with Gasteiger partial charge in [0.05, 0.1) is 33.1 Å². The van der Waals surface area contributed by atoms with Crippen LogP contribution in [0, 0.1) is 0 Å². The van der Waals surface area contributed by atoms with Gasteiger partial charge in [0, 0.05) is 10.6 Å². The van der Waals surface area contributed by atoms with Crippen LogP contribution >= 0.6 is 11.6 Å². The van der Waals surface area contributed by atoms with Crippen molar-refractivity contribution in [1.29, 1.82) is 0 Å². The van der Waals surface area contributed by atoms with Crippen LogP contribution < -0.4 is 10.1 Å². The third kappa shape index (κ3) is 5.50. The molecule has 2 rings (SSSR count). The van der Waals surface area contributed by atoms with Crippen LogP contribution in [0.2, 0.25) is 5.02 Å². The van der Waals surface area contributed by atoms with Crippen molar-refractivity contribution in [3.63, 3.8) is 0 Å². The van der Waals surface area contributed by atoms with E-state index in [-0.39, 0.29) is 18.7 Å². The van der Waals surface area contributed by atoms with Gasteiger partial charge in [0.1, 0.15) is 5.75 Å². The van der Waals surface area contributed by atoms with Crippen molar-refractivity contribution in [2.45, 2.75) is 18.9 Å². The van der Waals surface area contributed by atoms with Crippen LogP contribution in [0.3, 0.4) is 0 Å². The van der Waals surface area contributed by atoms with Gasteiger partial charge in [-0.1, -0.05) is 41.9 Å². The third-order valence-electron chi connectivity index (χ3n) is 3.73. The van der Waals surface area contributed by atoms with Crippen molar-refractivity contribution in [2.75, 3.05) is 14.2 Å². The molecular weight excluding hydrogens is 342 g/mol. The first-order valence-electron chi connectivity index (χ1n) is 7.77. The monoisotopic (exact) mass is 361 g/mol. The number of halogens is 1. The van der Waals surface area contributed by atoms with E-state index in [0.717, 1.165) is 5.56 Å². The lowest BCUT2D eigenvalue weighted by Gasteiger charge is -2.18. The van der Waals surface area contributed by atoms with E-state index in [9.17, 15) is 9.59 Å². The molecule has 1 atom stereocenters. The zero-order chi connectivity index (χ0) is 18.2. The third-order valence-corrected chi connectivity index (χ3v) is 3.96. The van der Waals surface area contributed by atoms with Crippen molar-refractivity contribution in [3.05, 3.63) is 64.7 Å². The Labute approximate surface area is 151 Å². The number of ether oxygens (including phenoxy) is 2. The molecule has 5 nitrogen and oxygen atoms in total. The van der Waals surface area contributed by atoms with E-state index in [4.69, 9.17) is 21.1 Å². The fourth-order valence-electron chi connectivity index (χ4n) is 2.49. The van der Waals surface area contributed by atoms with Crippen molar-refractivity contribution < 1.29 is 19.1 Å². The number of carbonyl (C=O) groups excluding carboxylic acids is 2. The zero-order valence-corrected chi connectivity index (χ0v) is 14.9. The fourth-order valence-corrected chi connectivity index (χ4v) is 2.69. The lowest BCUT2D eigenvalue weighted by atomic mass is 10.0. The number of benzene rings is 2. The number of carbonyl (C=O) groups is 2. The van der Waals surface area contributed by atoms with Crippen LogP contribution in [-0.4, -0.2) is 26.1 Å². The van der Waals surface area contributed by atoms with Gasteiger partial charge in [0.2, 0.25) is 5.91 Å². The second-order valence-corrected chi connectivity index (χ2v) is 5.88. The molecule has 0 bridgehead atoms. The average molecular weight is 362 g/mol. The van der Waals surface area contributed by atoms with Crippen LogP contribution in [0.25, 0.3) is 0 Å². The standard InChI is InChI=1S/C19H20ClNO4/c1-24-17-9-8-15(20)10-14(17)11-18(22)21-16(12-19(23)25-2)13-6-4-3-5-7-13/h3-10,16H,11-12H2,1-2H3,(H,21,22). The SMILES string of the molecule is COC(=O)CC(NC(=O)Cc1cc(Cl)ccc1OC)c1ccccc1. The fraction of sp³-hybridized carbons (Fsp3) is 0.263. The van der Waals surface area contributed by atoms with E-state index in [1.807, 2.05) is 30.3 Å². The van der Waals surface area contributed by atoms with E-state index >= 15 is 0 Å². The summed E-state index contributed by atoms with van der Waals surface area (Å²) in [5, 5.41) is 3.41. The molecule has 0 fully saturated rings. The summed E-state index contributed by atoms with van der Waals surface area (Å²) in [6.45, 7) is 0. The summed E-state index contributed by atoms with van der Waals surface area (Å²) in [7, 11) is 2.86. The highest BCUT2D eigenvalue weighted by molar-refractivity contribution is 6.30. The van der Waals surface area contributed by atoms with E-state index in [0.29, 0.717) is 16.3 Å². The van der Waals surface area contributed by atoms with Gasteiger partial charge < -0.3 is 14.8 Å². The molecule has 0 radical (unpaired) electrons. The van der Waals surface area contributed by atoms with E-state index in [2.05, 4.69) is 5.32 Å². The smallest absolute Gasteiger partial charge is 0.307 e. The highest BCUT2D eigenvalue weighted by Crippen LogP contribution is 2.24. The van der Waals surface area contributed by atoms with E-state index in [1.165, 1.54) is 14.2 Å². The number of rotatable bonds is 7. The Morgan fingerprint density at radius 1 is 1.12 bits per heavy atom. The van der Waals surface area contributed by atoms with Gasteiger partial charge in [-0.15, -0.1) is 0 Å². The van der Waals surface area contributed by atoms with E-state index in [1.54, 1.807) is 18.2 Å². The molecule has 2 aromatic rings. The zero-order valence-electron chi connectivity index (χ0n) is 14.1. The Morgan fingerprint density at radius 2 is 1.84 bits per heavy atom. The molecule has 6 heteroatoms. The van der Waals surface area contributed by atoms with Crippen LogP contribution in [-0.2, 0) is 20.7 Å². The van der Waals surface area contributed by atoms with Crippen LogP contribution in [0.5, 0.6) is 5.75 Å². The van der Waals surface area contributed by atoms with Gasteiger partial charge in [0.15, 0.2) is 0 Å². The first kappa shape index (κ1) is 18.8. The summed E-state index contributed by atoms with van der Waals surface area (Å²) < 4.78 is 9.99. The Balaban J connectivity index is 2.14. The highest BCUT2D eigenvalue weighted by atomic mass is 35.5. The molecule has 0 heterocycles. The van der Waals surface area contributed by atoms with Crippen molar-refractivity contribution in [2.24, 2.45) is 0 Å². The Kier molecular flexibility index (Phi) is 6.83. The van der Waals surface area contributed by atoms with Crippen LogP contribution in [0.1, 0.15) is 23.6 Å². The minimum absolute atomic E-state index is 0.0545. The second kappa shape index (κ2) is 9.08. The Morgan fingerprint density at radius 3 is 2.48 bits per heavy atom. The Hall–Kier alpha value is -2.53. The molecule has 0 aromatic heterocycles. The summed E-state index contributed by atoms with van der Waals surface area (Å²) in [4.78, 5) is 24.2. The quantitative estimate of drug-likeness (QED) is 0.768. The number of amides is 1. The van der Waals surface area contributed by atoms with Gasteiger partial charge in [-0.3, -0.25) is 9.59 Å². The lowest BCUT2D eigenvalue weighted by molar-refractivity contribution is -0.141. The maximum absolute atomic E-state index is 12.5.